The van der Waals surface area contributed by atoms with Gasteiger partial charge in [0.1, 0.15) is 23.1 Å². The van der Waals surface area contributed by atoms with Gasteiger partial charge in [-0.15, -0.1) is 0 Å². The standard InChI is InChI=1S/C24H20FN5O2.2H2/c25-15-8-9-19-18(13-15)23(29-22(28-19)17-5-1-2-7-21(17)31)30-12-10-16(14-30)27-24(32)20-6-3-4-11-26-20;;/h1-9,11,13,16,31H,10,12,14H2,(H,27,32);2*1H/t16-;;/m0../s1. The molecular formula is C24H24FN5O2. The third-order valence-electron chi connectivity index (χ3n) is 5.50. The number of amides is 1. The smallest absolute Gasteiger partial charge is 0.270 e. The molecule has 0 spiro atoms. The van der Waals surface area contributed by atoms with Crippen molar-refractivity contribution in [3.8, 4) is 17.1 Å². The number of para-hydroxylation sites is 1. The van der Waals surface area contributed by atoms with Gasteiger partial charge in [0.2, 0.25) is 0 Å². The molecule has 1 fully saturated rings. The molecule has 0 bridgehead atoms. The van der Waals surface area contributed by atoms with Crippen molar-refractivity contribution in [2.75, 3.05) is 18.0 Å². The van der Waals surface area contributed by atoms with Crippen molar-refractivity contribution in [2.24, 2.45) is 0 Å². The van der Waals surface area contributed by atoms with Crippen LogP contribution >= 0.6 is 0 Å². The number of phenolic OH excluding ortho intramolecular Hbond substituents is 1. The maximum atomic E-state index is 14.0. The van der Waals surface area contributed by atoms with Gasteiger partial charge in [-0.2, -0.15) is 0 Å². The maximum absolute atomic E-state index is 14.0. The first kappa shape index (κ1) is 19.9. The van der Waals surface area contributed by atoms with E-state index in [1.165, 1.54) is 12.1 Å². The number of nitrogens with zero attached hydrogens (tertiary/aromatic N) is 4. The Morgan fingerprint density at radius 3 is 2.78 bits per heavy atom. The number of nitrogens with one attached hydrogen (secondary N) is 1. The Labute approximate surface area is 186 Å². The van der Waals surface area contributed by atoms with E-state index in [1.54, 1.807) is 54.7 Å². The minimum Gasteiger partial charge on any atom is -0.507 e. The van der Waals surface area contributed by atoms with E-state index in [2.05, 4.69) is 20.3 Å². The van der Waals surface area contributed by atoms with E-state index in [-0.39, 0.29) is 26.4 Å². The summed E-state index contributed by atoms with van der Waals surface area (Å²) in [6.45, 7) is 1.15. The summed E-state index contributed by atoms with van der Waals surface area (Å²) in [4.78, 5) is 27.8. The minimum atomic E-state index is -0.378. The Kier molecular flexibility index (Phi) is 5.10. The third-order valence-corrected chi connectivity index (χ3v) is 5.50. The van der Waals surface area contributed by atoms with Crippen molar-refractivity contribution in [2.45, 2.75) is 12.5 Å². The Hall–Kier alpha value is -4.07. The fourth-order valence-electron chi connectivity index (χ4n) is 3.94. The second-order valence-corrected chi connectivity index (χ2v) is 7.67. The summed E-state index contributed by atoms with van der Waals surface area (Å²) >= 11 is 0. The number of carbonyl (C=O) groups is 1. The number of carbonyl (C=O) groups excluding carboxylic acids is 1. The van der Waals surface area contributed by atoms with Crippen molar-refractivity contribution in [3.63, 3.8) is 0 Å². The van der Waals surface area contributed by atoms with E-state index >= 15 is 0 Å². The molecule has 7 nitrogen and oxygen atoms in total. The molecule has 2 aromatic heterocycles. The number of hydrogen-bond donors (Lipinski definition) is 2. The molecule has 1 amide bonds. The molecule has 1 aliphatic rings. The molecule has 1 atom stereocenters. The van der Waals surface area contributed by atoms with Crippen molar-refractivity contribution in [1.82, 2.24) is 20.3 Å². The quantitative estimate of drug-likeness (QED) is 0.505. The van der Waals surface area contributed by atoms with Gasteiger partial charge in [-0.25, -0.2) is 14.4 Å². The monoisotopic (exact) mass is 433 g/mol. The van der Waals surface area contributed by atoms with Crippen LogP contribution in [0.25, 0.3) is 22.3 Å². The molecule has 2 N–H and O–H groups in total. The molecule has 8 heteroatoms. The molecule has 32 heavy (non-hydrogen) atoms. The van der Waals surface area contributed by atoms with E-state index in [9.17, 15) is 14.3 Å². The maximum Gasteiger partial charge on any atom is 0.270 e. The predicted octanol–water partition coefficient (Wildman–Crippen LogP) is 4.04. The Morgan fingerprint density at radius 2 is 1.97 bits per heavy atom. The first-order valence-corrected chi connectivity index (χ1v) is 10.3. The van der Waals surface area contributed by atoms with Gasteiger partial charge < -0.3 is 15.3 Å². The summed E-state index contributed by atoms with van der Waals surface area (Å²) in [6, 6.07) is 16.3. The number of aromatic nitrogens is 3. The largest absolute Gasteiger partial charge is 0.507 e. The number of anilines is 1. The lowest BCUT2D eigenvalue weighted by Gasteiger charge is -2.21. The molecule has 0 unspecified atom stereocenters. The SMILES string of the molecule is O=C(N[C@H]1CCN(c2nc(-c3ccccc3O)nc3ccc(F)cc23)C1)c1ccccn1.[HH].[HH]. The lowest BCUT2D eigenvalue weighted by molar-refractivity contribution is 0.0935. The van der Waals surface area contributed by atoms with E-state index in [0.717, 1.165) is 0 Å². The molecular weight excluding hydrogens is 409 g/mol. The minimum absolute atomic E-state index is 0. The van der Waals surface area contributed by atoms with Crippen molar-refractivity contribution in [3.05, 3.63) is 78.4 Å². The van der Waals surface area contributed by atoms with Crippen molar-refractivity contribution < 1.29 is 17.1 Å². The lowest BCUT2D eigenvalue weighted by atomic mass is 10.1. The fourth-order valence-corrected chi connectivity index (χ4v) is 3.94. The number of halogens is 1. The van der Waals surface area contributed by atoms with Crippen LogP contribution in [0.1, 0.15) is 19.8 Å². The molecule has 0 radical (unpaired) electrons. The van der Waals surface area contributed by atoms with Gasteiger partial charge in [-0.1, -0.05) is 18.2 Å². The van der Waals surface area contributed by atoms with Gasteiger partial charge in [0.25, 0.3) is 5.91 Å². The highest BCUT2D eigenvalue weighted by Crippen LogP contribution is 2.33. The van der Waals surface area contributed by atoms with Gasteiger partial charge in [0, 0.05) is 33.6 Å². The van der Waals surface area contributed by atoms with E-state index in [4.69, 9.17) is 0 Å². The number of benzene rings is 2. The first-order valence-electron chi connectivity index (χ1n) is 10.3. The predicted molar refractivity (Wildman–Crippen MR) is 123 cm³/mol. The van der Waals surface area contributed by atoms with Crippen LogP contribution < -0.4 is 10.2 Å². The molecule has 3 heterocycles. The van der Waals surface area contributed by atoms with Gasteiger partial charge in [-0.05, 0) is 48.9 Å². The molecule has 164 valence electrons. The molecule has 4 aromatic rings. The molecule has 2 aromatic carbocycles. The number of aromatic hydroxyl groups is 1. The topological polar surface area (TPSA) is 91.2 Å². The van der Waals surface area contributed by atoms with Crippen LogP contribution in [0.2, 0.25) is 0 Å². The normalized spacial score (nSPS) is 15.8. The molecule has 5 rings (SSSR count). The number of fused-ring (bicyclic) bond motifs is 1. The van der Waals surface area contributed by atoms with Crippen LogP contribution in [0.15, 0.2) is 66.9 Å². The highest BCUT2D eigenvalue weighted by molar-refractivity contribution is 5.93. The van der Waals surface area contributed by atoms with Crippen LogP contribution in [0, 0.1) is 5.82 Å². The van der Waals surface area contributed by atoms with Crippen LogP contribution in [-0.2, 0) is 0 Å². The van der Waals surface area contributed by atoms with Gasteiger partial charge in [0.05, 0.1) is 11.1 Å². The number of hydrogen-bond acceptors (Lipinski definition) is 6. The highest BCUT2D eigenvalue weighted by atomic mass is 19.1. The lowest BCUT2D eigenvalue weighted by Crippen LogP contribution is -2.37. The van der Waals surface area contributed by atoms with E-state index in [0.29, 0.717) is 53.3 Å². The van der Waals surface area contributed by atoms with E-state index < -0.39 is 0 Å². The first-order chi connectivity index (χ1) is 15.6. The summed E-state index contributed by atoms with van der Waals surface area (Å²) in [7, 11) is 0. The molecule has 1 saturated heterocycles. The third kappa shape index (κ3) is 3.82. The zero-order valence-electron chi connectivity index (χ0n) is 17.1. The summed E-state index contributed by atoms with van der Waals surface area (Å²) in [5.41, 5.74) is 1.44. The van der Waals surface area contributed by atoms with Gasteiger partial charge in [0.15, 0.2) is 5.82 Å². The second-order valence-electron chi connectivity index (χ2n) is 7.67. The van der Waals surface area contributed by atoms with E-state index in [1.807, 2.05) is 4.90 Å². The summed E-state index contributed by atoms with van der Waals surface area (Å²) < 4.78 is 14.0. The Bertz CT molecular complexity index is 1310. The molecule has 1 aliphatic heterocycles. The van der Waals surface area contributed by atoms with Crippen LogP contribution in [0.3, 0.4) is 0 Å². The van der Waals surface area contributed by atoms with Crippen LogP contribution in [0.5, 0.6) is 5.75 Å². The molecule has 0 aliphatic carbocycles. The van der Waals surface area contributed by atoms with Gasteiger partial charge >= 0.3 is 0 Å². The summed E-state index contributed by atoms with van der Waals surface area (Å²) in [5, 5.41) is 13.9. The van der Waals surface area contributed by atoms with Crippen molar-refractivity contribution in [1.29, 1.82) is 0 Å². The fraction of sp³-hybridized carbons (Fsp3) is 0.167. The van der Waals surface area contributed by atoms with Crippen LogP contribution in [-0.4, -0.2) is 45.1 Å². The second kappa shape index (κ2) is 8.22. The van der Waals surface area contributed by atoms with Gasteiger partial charge in [-0.3, -0.25) is 9.78 Å². The highest BCUT2D eigenvalue weighted by Gasteiger charge is 2.27. The Morgan fingerprint density at radius 1 is 1.12 bits per heavy atom. The average Bonchev–Trinajstić information content (AvgIpc) is 3.27. The number of phenols is 1. The zero-order chi connectivity index (χ0) is 22.1. The Balaban J connectivity index is 0.00000162. The summed E-state index contributed by atoms with van der Waals surface area (Å²) in [6.07, 6.45) is 2.29. The number of pyridine rings is 1. The average molecular weight is 433 g/mol. The van der Waals surface area contributed by atoms with Crippen molar-refractivity contribution >= 4 is 22.6 Å². The summed E-state index contributed by atoms with van der Waals surface area (Å²) in [5.74, 6) is 0.394. The number of rotatable bonds is 4. The molecule has 0 saturated carbocycles. The van der Waals surface area contributed by atoms with Crippen LogP contribution in [0.4, 0.5) is 10.2 Å². The zero-order valence-corrected chi connectivity index (χ0v) is 17.1.